The van der Waals surface area contributed by atoms with Crippen LogP contribution in [-0.4, -0.2) is 35.2 Å². The molecule has 4 aromatic rings. The van der Waals surface area contributed by atoms with Crippen molar-refractivity contribution in [3.8, 4) is 11.5 Å². The molecule has 34 heavy (non-hydrogen) atoms. The quantitative estimate of drug-likeness (QED) is 0.327. The molecule has 4 rings (SSSR count). The van der Waals surface area contributed by atoms with E-state index in [2.05, 4.69) is 41.9 Å². The lowest BCUT2D eigenvalue weighted by atomic mass is 10.1. The Bertz CT molecular complexity index is 1230. The topological polar surface area (TPSA) is 65.4 Å². The Morgan fingerprint density at radius 3 is 2.53 bits per heavy atom. The van der Waals surface area contributed by atoms with Crippen LogP contribution in [0.3, 0.4) is 0 Å². The van der Waals surface area contributed by atoms with Gasteiger partial charge in [-0.05, 0) is 67.8 Å². The number of nitrogens with one attached hydrogen (secondary N) is 1. The molecule has 6 heteroatoms. The number of aromatic nitrogens is 2. The summed E-state index contributed by atoms with van der Waals surface area (Å²) in [5.41, 5.74) is 4.56. The number of aryl methyl sites for hydroxylation is 3. The standard InChI is InChI=1S/C28H31N3O3/c1-21-14-15-24(19-22(21)2)33-18-17-31-26-12-7-6-11-25(26)30-27(31)13-8-16-29-28(32)20-34-23-9-4-3-5-10-23/h3-7,9-12,14-15,19H,8,13,16-18,20H2,1-2H3,(H,29,32). The van der Waals surface area contributed by atoms with E-state index in [4.69, 9.17) is 14.5 Å². The summed E-state index contributed by atoms with van der Waals surface area (Å²) < 4.78 is 13.7. The molecule has 6 nitrogen and oxygen atoms in total. The van der Waals surface area contributed by atoms with Crippen LogP contribution in [-0.2, 0) is 17.8 Å². The highest BCUT2D eigenvalue weighted by atomic mass is 16.5. The number of para-hydroxylation sites is 3. The highest BCUT2D eigenvalue weighted by Gasteiger charge is 2.11. The van der Waals surface area contributed by atoms with E-state index in [0.29, 0.717) is 25.4 Å². The molecule has 0 spiro atoms. The van der Waals surface area contributed by atoms with Crippen LogP contribution in [0.25, 0.3) is 11.0 Å². The second kappa shape index (κ2) is 11.4. The molecule has 0 radical (unpaired) electrons. The van der Waals surface area contributed by atoms with Crippen molar-refractivity contribution < 1.29 is 14.3 Å². The fraction of sp³-hybridized carbons (Fsp3) is 0.286. The Balaban J connectivity index is 1.29. The Morgan fingerprint density at radius 2 is 1.71 bits per heavy atom. The minimum Gasteiger partial charge on any atom is -0.492 e. The Hall–Kier alpha value is -3.80. The number of hydrogen-bond donors (Lipinski definition) is 1. The van der Waals surface area contributed by atoms with E-state index in [1.807, 2.05) is 54.6 Å². The van der Waals surface area contributed by atoms with E-state index in [-0.39, 0.29) is 12.5 Å². The Kier molecular flexibility index (Phi) is 7.81. The summed E-state index contributed by atoms with van der Waals surface area (Å²) >= 11 is 0. The van der Waals surface area contributed by atoms with Crippen molar-refractivity contribution in [2.45, 2.75) is 33.2 Å². The molecule has 0 bridgehead atoms. The van der Waals surface area contributed by atoms with Gasteiger partial charge in [-0.1, -0.05) is 36.4 Å². The average Bonchev–Trinajstić information content (AvgIpc) is 3.21. The summed E-state index contributed by atoms with van der Waals surface area (Å²) in [6.45, 7) is 6.04. The first-order valence-electron chi connectivity index (χ1n) is 11.7. The largest absolute Gasteiger partial charge is 0.492 e. The number of amides is 1. The minimum atomic E-state index is -0.126. The van der Waals surface area contributed by atoms with Gasteiger partial charge in [0.1, 0.15) is 23.9 Å². The van der Waals surface area contributed by atoms with Gasteiger partial charge in [0.25, 0.3) is 5.91 Å². The van der Waals surface area contributed by atoms with Gasteiger partial charge in [0, 0.05) is 13.0 Å². The van der Waals surface area contributed by atoms with Crippen molar-refractivity contribution in [1.82, 2.24) is 14.9 Å². The first-order valence-corrected chi connectivity index (χ1v) is 11.7. The zero-order valence-electron chi connectivity index (χ0n) is 19.8. The molecule has 176 valence electrons. The SMILES string of the molecule is Cc1ccc(OCCn2c(CCCNC(=O)COc3ccccc3)nc3ccccc32)cc1C. The molecule has 0 aliphatic heterocycles. The van der Waals surface area contributed by atoms with Crippen LogP contribution >= 0.6 is 0 Å². The van der Waals surface area contributed by atoms with Gasteiger partial charge in [-0.25, -0.2) is 4.98 Å². The van der Waals surface area contributed by atoms with E-state index in [9.17, 15) is 4.79 Å². The van der Waals surface area contributed by atoms with Gasteiger partial charge < -0.3 is 19.4 Å². The zero-order valence-corrected chi connectivity index (χ0v) is 19.8. The lowest BCUT2D eigenvalue weighted by Gasteiger charge is -2.12. The predicted octanol–water partition coefficient (Wildman–Crippen LogP) is 4.86. The van der Waals surface area contributed by atoms with Gasteiger partial charge in [0.2, 0.25) is 0 Å². The van der Waals surface area contributed by atoms with Crippen molar-refractivity contribution in [3.05, 3.63) is 89.7 Å². The minimum absolute atomic E-state index is 0.0123. The number of carbonyl (C=O) groups excluding carboxylic acids is 1. The number of ether oxygens (including phenoxy) is 2. The van der Waals surface area contributed by atoms with Crippen LogP contribution in [0, 0.1) is 13.8 Å². The zero-order chi connectivity index (χ0) is 23.8. The summed E-state index contributed by atoms with van der Waals surface area (Å²) in [5.74, 6) is 2.45. The maximum Gasteiger partial charge on any atom is 0.257 e. The highest BCUT2D eigenvalue weighted by molar-refractivity contribution is 5.77. The summed E-state index contributed by atoms with van der Waals surface area (Å²) in [6, 6.07) is 23.7. The van der Waals surface area contributed by atoms with Gasteiger partial charge in [-0.3, -0.25) is 4.79 Å². The Morgan fingerprint density at radius 1 is 0.912 bits per heavy atom. The number of hydrogen-bond acceptors (Lipinski definition) is 4. The maximum absolute atomic E-state index is 12.1. The number of fused-ring (bicyclic) bond motifs is 1. The normalized spacial score (nSPS) is 10.9. The van der Waals surface area contributed by atoms with Gasteiger partial charge in [0.05, 0.1) is 17.6 Å². The second-order valence-electron chi connectivity index (χ2n) is 8.32. The van der Waals surface area contributed by atoms with Crippen LogP contribution in [0.15, 0.2) is 72.8 Å². The molecule has 0 unspecified atom stereocenters. The van der Waals surface area contributed by atoms with Gasteiger partial charge in [-0.2, -0.15) is 0 Å². The molecule has 1 N–H and O–H groups in total. The van der Waals surface area contributed by atoms with Crippen LogP contribution in [0.2, 0.25) is 0 Å². The summed E-state index contributed by atoms with van der Waals surface area (Å²) in [4.78, 5) is 16.9. The van der Waals surface area contributed by atoms with Crippen LogP contribution in [0.1, 0.15) is 23.4 Å². The first kappa shape index (κ1) is 23.4. The number of imidazole rings is 1. The first-order chi connectivity index (χ1) is 16.6. The monoisotopic (exact) mass is 457 g/mol. The third-order valence-corrected chi connectivity index (χ3v) is 5.81. The number of nitrogens with zero attached hydrogens (tertiary/aromatic N) is 2. The summed E-state index contributed by atoms with van der Waals surface area (Å²) in [6.07, 6.45) is 1.55. The van der Waals surface area contributed by atoms with Crippen molar-refractivity contribution in [3.63, 3.8) is 0 Å². The summed E-state index contributed by atoms with van der Waals surface area (Å²) in [5, 5.41) is 2.93. The van der Waals surface area contributed by atoms with E-state index in [1.54, 1.807) is 0 Å². The van der Waals surface area contributed by atoms with Gasteiger partial charge in [0.15, 0.2) is 6.61 Å². The third-order valence-electron chi connectivity index (χ3n) is 5.81. The van der Waals surface area contributed by atoms with E-state index < -0.39 is 0 Å². The van der Waals surface area contributed by atoms with E-state index in [1.165, 1.54) is 11.1 Å². The highest BCUT2D eigenvalue weighted by Crippen LogP contribution is 2.19. The van der Waals surface area contributed by atoms with E-state index >= 15 is 0 Å². The fourth-order valence-corrected chi connectivity index (χ4v) is 3.82. The number of rotatable bonds is 11. The van der Waals surface area contributed by atoms with Crippen molar-refractivity contribution in [2.24, 2.45) is 0 Å². The molecule has 0 fully saturated rings. The smallest absolute Gasteiger partial charge is 0.257 e. The molecule has 0 atom stereocenters. The van der Waals surface area contributed by atoms with Crippen LogP contribution < -0.4 is 14.8 Å². The van der Waals surface area contributed by atoms with Gasteiger partial charge >= 0.3 is 0 Å². The molecular formula is C28H31N3O3. The molecule has 0 saturated carbocycles. The van der Waals surface area contributed by atoms with Crippen LogP contribution in [0.5, 0.6) is 11.5 Å². The maximum atomic E-state index is 12.1. The molecule has 3 aromatic carbocycles. The molecule has 1 heterocycles. The number of carbonyl (C=O) groups is 1. The third kappa shape index (κ3) is 6.16. The van der Waals surface area contributed by atoms with Crippen LogP contribution in [0.4, 0.5) is 0 Å². The average molecular weight is 458 g/mol. The molecule has 0 aliphatic rings. The Labute approximate surface area is 200 Å². The fourth-order valence-electron chi connectivity index (χ4n) is 3.82. The molecule has 1 amide bonds. The van der Waals surface area contributed by atoms with E-state index in [0.717, 1.165) is 35.4 Å². The van der Waals surface area contributed by atoms with Crippen molar-refractivity contribution in [2.75, 3.05) is 19.8 Å². The second-order valence-corrected chi connectivity index (χ2v) is 8.32. The van der Waals surface area contributed by atoms with Crippen molar-refractivity contribution in [1.29, 1.82) is 0 Å². The molecular weight excluding hydrogens is 426 g/mol. The lowest BCUT2D eigenvalue weighted by molar-refractivity contribution is -0.123. The summed E-state index contributed by atoms with van der Waals surface area (Å²) in [7, 11) is 0. The molecule has 0 aliphatic carbocycles. The van der Waals surface area contributed by atoms with Crippen molar-refractivity contribution >= 4 is 16.9 Å². The predicted molar refractivity (Wildman–Crippen MR) is 134 cm³/mol. The molecule has 1 aromatic heterocycles. The number of benzene rings is 3. The van der Waals surface area contributed by atoms with Gasteiger partial charge in [-0.15, -0.1) is 0 Å². The molecule has 0 saturated heterocycles. The lowest BCUT2D eigenvalue weighted by Crippen LogP contribution is -2.30.